The van der Waals surface area contributed by atoms with Crippen molar-refractivity contribution in [1.82, 2.24) is 0 Å². The average molecular weight is 334 g/mol. The normalized spacial score (nSPS) is 14.5. The van der Waals surface area contributed by atoms with Gasteiger partial charge in [-0.15, -0.1) is 0 Å². The maximum atomic E-state index is 11.4. The zero-order valence-corrected chi connectivity index (χ0v) is 14.2. The molecule has 0 aliphatic carbocycles. The first-order valence-electron chi connectivity index (χ1n) is 7.54. The molecule has 0 heterocycles. The number of benzene rings is 1. The molecule has 1 aromatic rings. The Hall–Kier alpha value is -2.63. The van der Waals surface area contributed by atoms with E-state index in [9.17, 15) is 14.4 Å². The van der Waals surface area contributed by atoms with Gasteiger partial charge in [0.2, 0.25) is 0 Å². The third-order valence-electron chi connectivity index (χ3n) is 3.02. The van der Waals surface area contributed by atoms with Crippen molar-refractivity contribution >= 4 is 24.0 Å². The molecule has 0 saturated heterocycles. The lowest BCUT2D eigenvalue weighted by molar-refractivity contribution is -0.177. The molecule has 0 radical (unpaired) electrons. The van der Waals surface area contributed by atoms with Gasteiger partial charge in [0, 0.05) is 20.8 Å². The Bertz CT molecular complexity index is 593. The molecular formula is C18H22O6. The smallest absolute Gasteiger partial charge is 0.303 e. The largest absolute Gasteiger partial charge is 0.459 e. The topological polar surface area (TPSA) is 78.9 Å². The van der Waals surface area contributed by atoms with Crippen LogP contribution >= 0.6 is 0 Å². The molecule has 24 heavy (non-hydrogen) atoms. The molecule has 0 bridgehead atoms. The van der Waals surface area contributed by atoms with Gasteiger partial charge in [-0.1, -0.05) is 36.4 Å². The van der Waals surface area contributed by atoms with E-state index in [1.165, 1.54) is 20.8 Å². The molecule has 6 heteroatoms. The maximum Gasteiger partial charge on any atom is 0.303 e. The predicted octanol–water partition coefficient (Wildman–Crippen LogP) is 2.51. The van der Waals surface area contributed by atoms with Gasteiger partial charge in [0.05, 0.1) is 0 Å². The summed E-state index contributed by atoms with van der Waals surface area (Å²) in [6.07, 6.45) is 0.724. The molecular weight excluding hydrogens is 312 g/mol. The van der Waals surface area contributed by atoms with Crippen molar-refractivity contribution < 1.29 is 28.6 Å². The Balaban J connectivity index is 3.05. The molecule has 1 rings (SSSR count). The van der Waals surface area contributed by atoms with Crippen LogP contribution < -0.4 is 0 Å². The Kier molecular flexibility index (Phi) is 7.68. The van der Waals surface area contributed by atoms with E-state index < -0.39 is 36.2 Å². The van der Waals surface area contributed by atoms with E-state index in [0.717, 1.165) is 5.56 Å². The molecule has 1 aromatic carbocycles. The lowest BCUT2D eigenvalue weighted by Crippen LogP contribution is -2.42. The number of hydrogen-bond donors (Lipinski definition) is 0. The summed E-state index contributed by atoms with van der Waals surface area (Å²) < 4.78 is 15.5. The highest BCUT2D eigenvalue weighted by atomic mass is 16.6. The lowest BCUT2D eigenvalue weighted by atomic mass is 10.1. The maximum absolute atomic E-state index is 11.4. The first kappa shape index (κ1) is 19.4. The highest BCUT2D eigenvalue weighted by Crippen LogP contribution is 2.16. The highest BCUT2D eigenvalue weighted by molar-refractivity contribution is 5.68. The van der Waals surface area contributed by atoms with Crippen LogP contribution in [0.5, 0.6) is 0 Å². The number of hydrogen-bond acceptors (Lipinski definition) is 6. The number of carbonyl (C=O) groups is 3. The first-order chi connectivity index (χ1) is 11.3. The molecule has 6 nitrogen and oxygen atoms in total. The van der Waals surface area contributed by atoms with Crippen molar-refractivity contribution in [3.8, 4) is 0 Å². The van der Waals surface area contributed by atoms with Crippen LogP contribution in [0.2, 0.25) is 0 Å². The number of rotatable bonds is 7. The third-order valence-corrected chi connectivity index (χ3v) is 3.02. The van der Waals surface area contributed by atoms with Crippen LogP contribution in [0.25, 0.3) is 6.08 Å². The monoisotopic (exact) mass is 334 g/mol. The minimum absolute atomic E-state index is 0.520. The molecule has 0 unspecified atom stereocenters. The molecule has 0 saturated carbocycles. The second kappa shape index (κ2) is 9.50. The van der Waals surface area contributed by atoms with E-state index in [2.05, 4.69) is 0 Å². The van der Waals surface area contributed by atoms with Crippen molar-refractivity contribution in [1.29, 1.82) is 0 Å². The number of esters is 3. The molecule has 3 atom stereocenters. The van der Waals surface area contributed by atoms with Crippen LogP contribution in [0.15, 0.2) is 36.4 Å². The van der Waals surface area contributed by atoms with Crippen LogP contribution in [0, 0.1) is 0 Å². The van der Waals surface area contributed by atoms with E-state index in [1.54, 1.807) is 19.1 Å². The summed E-state index contributed by atoms with van der Waals surface area (Å²) in [6, 6.07) is 9.36. The molecule has 130 valence electrons. The Morgan fingerprint density at radius 3 is 1.92 bits per heavy atom. The second-order valence-electron chi connectivity index (χ2n) is 5.23. The fourth-order valence-corrected chi connectivity index (χ4v) is 2.13. The van der Waals surface area contributed by atoms with Gasteiger partial charge in [-0.25, -0.2) is 0 Å². The van der Waals surface area contributed by atoms with Crippen molar-refractivity contribution in [2.24, 2.45) is 0 Å². The van der Waals surface area contributed by atoms with Crippen LogP contribution in [0.1, 0.15) is 33.3 Å². The van der Waals surface area contributed by atoms with Gasteiger partial charge >= 0.3 is 17.9 Å². The Labute approximate surface area is 141 Å². The first-order valence-corrected chi connectivity index (χ1v) is 7.54. The van der Waals surface area contributed by atoms with Crippen molar-refractivity contribution in [3.05, 3.63) is 42.0 Å². The van der Waals surface area contributed by atoms with E-state index in [-0.39, 0.29) is 0 Å². The zero-order chi connectivity index (χ0) is 18.1. The van der Waals surface area contributed by atoms with Crippen molar-refractivity contribution in [2.75, 3.05) is 0 Å². The molecule has 0 N–H and O–H groups in total. The van der Waals surface area contributed by atoms with Gasteiger partial charge in [-0.3, -0.25) is 14.4 Å². The van der Waals surface area contributed by atoms with E-state index >= 15 is 0 Å². The molecule has 0 aliphatic rings. The fourth-order valence-electron chi connectivity index (χ4n) is 2.13. The summed E-state index contributed by atoms with van der Waals surface area (Å²) in [5, 5.41) is 0. The van der Waals surface area contributed by atoms with Gasteiger partial charge < -0.3 is 14.2 Å². The fraction of sp³-hybridized carbons (Fsp3) is 0.389. The van der Waals surface area contributed by atoms with Crippen LogP contribution in [0.3, 0.4) is 0 Å². The van der Waals surface area contributed by atoms with Crippen LogP contribution in [0.4, 0.5) is 0 Å². The summed E-state index contributed by atoms with van der Waals surface area (Å²) in [7, 11) is 0. The van der Waals surface area contributed by atoms with Crippen molar-refractivity contribution in [2.45, 2.75) is 46.0 Å². The van der Waals surface area contributed by atoms with Gasteiger partial charge in [0.25, 0.3) is 0 Å². The summed E-state index contributed by atoms with van der Waals surface area (Å²) in [6.45, 7) is 5.31. The predicted molar refractivity (Wildman–Crippen MR) is 87.8 cm³/mol. The standard InChI is InChI=1S/C18H22O6/c1-12(22-13(2)19)18(24-15(4)21)17(23-14(3)20)11-10-16-8-6-5-7-9-16/h5-12,17-18H,1-4H3/b11-10+/t12-,17-,18-/m0/s1. The summed E-state index contributed by atoms with van der Waals surface area (Å²) in [5.41, 5.74) is 0.886. The van der Waals surface area contributed by atoms with E-state index in [0.29, 0.717) is 0 Å². The molecule has 0 aromatic heterocycles. The van der Waals surface area contributed by atoms with Gasteiger partial charge in [0.15, 0.2) is 12.2 Å². The van der Waals surface area contributed by atoms with E-state index in [1.807, 2.05) is 30.3 Å². The van der Waals surface area contributed by atoms with Gasteiger partial charge in [0.1, 0.15) is 6.10 Å². The Morgan fingerprint density at radius 2 is 1.42 bits per heavy atom. The SMILES string of the molecule is CC(=O)O[C@@H]([C@H](C)OC(C)=O)[C@H](/C=C/c1ccccc1)OC(C)=O. The summed E-state index contributed by atoms with van der Waals surface area (Å²) in [5.74, 6) is -1.62. The quantitative estimate of drug-likeness (QED) is 0.563. The van der Waals surface area contributed by atoms with E-state index in [4.69, 9.17) is 14.2 Å². The second-order valence-corrected chi connectivity index (χ2v) is 5.23. The molecule has 0 spiro atoms. The number of ether oxygens (including phenoxy) is 3. The molecule has 0 fully saturated rings. The number of carbonyl (C=O) groups excluding carboxylic acids is 3. The van der Waals surface area contributed by atoms with Gasteiger partial charge in [-0.2, -0.15) is 0 Å². The van der Waals surface area contributed by atoms with Crippen LogP contribution in [-0.4, -0.2) is 36.2 Å². The molecule has 0 aliphatic heterocycles. The van der Waals surface area contributed by atoms with Crippen LogP contribution in [-0.2, 0) is 28.6 Å². The third kappa shape index (κ3) is 7.09. The average Bonchev–Trinajstić information content (AvgIpc) is 2.49. The highest BCUT2D eigenvalue weighted by Gasteiger charge is 2.32. The zero-order valence-electron chi connectivity index (χ0n) is 14.2. The summed E-state index contributed by atoms with van der Waals surface area (Å²) in [4.78, 5) is 34.0. The van der Waals surface area contributed by atoms with Crippen molar-refractivity contribution in [3.63, 3.8) is 0 Å². The summed E-state index contributed by atoms with van der Waals surface area (Å²) >= 11 is 0. The lowest BCUT2D eigenvalue weighted by Gasteiger charge is -2.28. The Morgan fingerprint density at radius 1 is 0.875 bits per heavy atom. The van der Waals surface area contributed by atoms with Gasteiger partial charge in [-0.05, 0) is 18.6 Å². The minimum atomic E-state index is -0.949. The molecule has 0 amide bonds. The minimum Gasteiger partial charge on any atom is -0.459 e.